The van der Waals surface area contributed by atoms with E-state index in [1.54, 1.807) is 4.90 Å². The van der Waals surface area contributed by atoms with Crippen LogP contribution in [0.1, 0.15) is 86.8 Å². The zero-order chi connectivity index (χ0) is 30.5. The molecule has 0 bridgehead atoms. The standard InChI is InChI=1S/C31H53NO6Si2/c1-28(2,3)36-25(33)19-23-20-31(38-40(12,13)30(7,8)9)32(24(23)21-35-39(10,11)29(4,5)6)27(34)26(37-31)22-17-15-14-16-18-22/h14-18,23-24,26H,19-21H2,1-13H3/t23-,24+,26+,31?/m1/s1. The third-order valence-electron chi connectivity index (χ3n) is 9.12. The molecule has 0 aromatic heterocycles. The molecule has 1 aromatic carbocycles. The molecule has 0 spiro atoms. The lowest BCUT2D eigenvalue weighted by Gasteiger charge is -2.44. The summed E-state index contributed by atoms with van der Waals surface area (Å²) in [5.74, 6) is -1.93. The number of amides is 1. The topological polar surface area (TPSA) is 74.3 Å². The van der Waals surface area contributed by atoms with E-state index in [4.69, 9.17) is 18.3 Å². The van der Waals surface area contributed by atoms with Crippen LogP contribution in [-0.4, -0.2) is 57.6 Å². The van der Waals surface area contributed by atoms with Crippen molar-refractivity contribution < 1.29 is 27.9 Å². The van der Waals surface area contributed by atoms with Crippen LogP contribution in [0.2, 0.25) is 36.3 Å². The minimum atomic E-state index is -2.42. The molecule has 0 saturated carbocycles. The molecule has 40 heavy (non-hydrogen) atoms. The summed E-state index contributed by atoms with van der Waals surface area (Å²) in [4.78, 5) is 29.2. The molecule has 2 aliphatic rings. The summed E-state index contributed by atoms with van der Waals surface area (Å²) in [5, 5.41) is -0.111. The highest BCUT2D eigenvalue weighted by atomic mass is 28.4. The molecule has 1 amide bonds. The van der Waals surface area contributed by atoms with E-state index in [2.05, 4.69) is 67.7 Å². The second-order valence-corrected chi connectivity index (χ2v) is 25.1. The zero-order valence-corrected chi connectivity index (χ0v) is 29.1. The van der Waals surface area contributed by atoms with Gasteiger partial charge >= 0.3 is 5.97 Å². The summed E-state index contributed by atoms with van der Waals surface area (Å²) in [5.41, 5.74) is 0.201. The Morgan fingerprint density at radius 2 is 1.50 bits per heavy atom. The predicted octanol–water partition coefficient (Wildman–Crippen LogP) is 7.40. The number of hydrogen-bond acceptors (Lipinski definition) is 6. The van der Waals surface area contributed by atoms with E-state index < -0.39 is 34.3 Å². The molecular weight excluding hydrogens is 539 g/mol. The van der Waals surface area contributed by atoms with Crippen molar-refractivity contribution in [2.75, 3.05) is 6.61 Å². The first kappa shape index (κ1) is 33.0. The van der Waals surface area contributed by atoms with Crippen molar-refractivity contribution in [2.45, 2.75) is 135 Å². The third-order valence-corrected chi connectivity index (χ3v) is 18.1. The Bertz CT molecular complexity index is 1070. The summed E-state index contributed by atoms with van der Waals surface area (Å²) in [6, 6.07) is 9.22. The van der Waals surface area contributed by atoms with Crippen molar-refractivity contribution in [2.24, 2.45) is 5.92 Å². The molecule has 0 aliphatic carbocycles. The SMILES string of the molecule is CC(C)(C)OC(=O)C[C@@H]1CC2(O[Si](C)(C)C(C)(C)C)O[C@@H](c3ccccc3)C(=O)N2[C@H]1CO[Si](C)(C)C(C)(C)C. The van der Waals surface area contributed by atoms with Crippen LogP contribution in [-0.2, 0) is 27.9 Å². The maximum absolute atomic E-state index is 14.3. The van der Waals surface area contributed by atoms with Gasteiger partial charge in [-0.3, -0.25) is 14.5 Å². The van der Waals surface area contributed by atoms with Gasteiger partial charge in [0.1, 0.15) is 5.60 Å². The van der Waals surface area contributed by atoms with E-state index in [1.165, 1.54) is 0 Å². The Kier molecular flexibility index (Phi) is 9.03. The molecule has 0 N–H and O–H groups in total. The minimum Gasteiger partial charge on any atom is -0.460 e. The molecule has 2 fully saturated rings. The van der Waals surface area contributed by atoms with Crippen LogP contribution in [0.25, 0.3) is 0 Å². The van der Waals surface area contributed by atoms with E-state index in [9.17, 15) is 9.59 Å². The van der Waals surface area contributed by atoms with Crippen molar-refractivity contribution in [3.63, 3.8) is 0 Å². The van der Waals surface area contributed by atoms with Gasteiger partial charge in [-0.2, -0.15) is 0 Å². The predicted molar refractivity (Wildman–Crippen MR) is 164 cm³/mol. The van der Waals surface area contributed by atoms with Crippen molar-refractivity contribution in [3.8, 4) is 0 Å². The van der Waals surface area contributed by atoms with Gasteiger partial charge in [0, 0.05) is 6.42 Å². The number of nitrogens with zero attached hydrogens (tertiary/aromatic N) is 1. The summed E-state index contributed by atoms with van der Waals surface area (Å²) < 4.78 is 26.3. The van der Waals surface area contributed by atoms with E-state index in [1.807, 2.05) is 51.1 Å². The lowest BCUT2D eigenvalue weighted by atomic mass is 9.95. The molecule has 226 valence electrons. The molecule has 1 unspecified atom stereocenters. The van der Waals surface area contributed by atoms with E-state index >= 15 is 0 Å². The maximum atomic E-state index is 14.3. The lowest BCUT2D eigenvalue weighted by molar-refractivity contribution is -0.235. The molecule has 2 aliphatic heterocycles. The van der Waals surface area contributed by atoms with Gasteiger partial charge in [-0.15, -0.1) is 0 Å². The number of ether oxygens (including phenoxy) is 2. The zero-order valence-electron chi connectivity index (χ0n) is 27.1. The van der Waals surface area contributed by atoms with Crippen molar-refractivity contribution in [3.05, 3.63) is 35.9 Å². The lowest BCUT2D eigenvalue weighted by Crippen LogP contribution is -2.57. The first-order chi connectivity index (χ1) is 18.0. The normalized spacial score (nSPS) is 26.3. The monoisotopic (exact) mass is 591 g/mol. The average molecular weight is 592 g/mol. The van der Waals surface area contributed by atoms with Gasteiger partial charge < -0.3 is 18.3 Å². The van der Waals surface area contributed by atoms with Crippen LogP contribution < -0.4 is 0 Å². The quantitative estimate of drug-likeness (QED) is 0.232. The smallest absolute Gasteiger partial charge is 0.306 e. The largest absolute Gasteiger partial charge is 0.460 e. The maximum Gasteiger partial charge on any atom is 0.306 e. The number of carbonyl (C=O) groups excluding carboxylic acids is 2. The second-order valence-electron chi connectivity index (χ2n) is 15.6. The average Bonchev–Trinajstić information content (AvgIpc) is 3.19. The van der Waals surface area contributed by atoms with Crippen LogP contribution in [0.15, 0.2) is 30.3 Å². The molecule has 3 rings (SSSR count). The number of fused-ring (bicyclic) bond motifs is 1. The van der Waals surface area contributed by atoms with Gasteiger partial charge in [-0.25, -0.2) is 0 Å². The number of esters is 1. The highest BCUT2D eigenvalue weighted by Gasteiger charge is 2.66. The number of rotatable bonds is 8. The Morgan fingerprint density at radius 3 is 2.00 bits per heavy atom. The molecule has 2 heterocycles. The Hall–Kier alpha value is -1.53. The fourth-order valence-electron chi connectivity index (χ4n) is 4.86. The minimum absolute atomic E-state index is 0.000906. The van der Waals surface area contributed by atoms with Gasteiger partial charge in [0.25, 0.3) is 5.91 Å². The molecule has 7 nitrogen and oxygen atoms in total. The highest BCUT2D eigenvalue weighted by Crippen LogP contribution is 2.54. The molecule has 4 atom stereocenters. The number of hydrogen-bond donors (Lipinski definition) is 0. The first-order valence-electron chi connectivity index (χ1n) is 14.6. The fraction of sp³-hybridized carbons (Fsp3) is 0.742. The van der Waals surface area contributed by atoms with Crippen molar-refractivity contribution in [1.29, 1.82) is 0 Å². The van der Waals surface area contributed by atoms with Crippen molar-refractivity contribution >= 4 is 28.5 Å². The molecule has 0 radical (unpaired) electrons. The molecule has 2 saturated heterocycles. The Labute approximate surface area is 244 Å². The third kappa shape index (κ3) is 6.91. The van der Waals surface area contributed by atoms with E-state index in [0.29, 0.717) is 13.0 Å². The molecule has 9 heteroatoms. The van der Waals surface area contributed by atoms with Crippen molar-refractivity contribution in [1.82, 2.24) is 4.90 Å². The number of carbonyl (C=O) groups is 2. The van der Waals surface area contributed by atoms with Gasteiger partial charge in [0.15, 0.2) is 22.7 Å². The van der Waals surface area contributed by atoms with Crippen LogP contribution in [0.4, 0.5) is 0 Å². The summed E-state index contributed by atoms with van der Waals surface area (Å²) in [6.45, 7) is 27.8. The molecule has 1 aromatic rings. The fourth-order valence-corrected chi connectivity index (χ4v) is 7.21. The highest BCUT2D eigenvalue weighted by molar-refractivity contribution is 6.74. The van der Waals surface area contributed by atoms with Crippen LogP contribution >= 0.6 is 0 Å². The van der Waals surface area contributed by atoms with Crippen LogP contribution in [0.3, 0.4) is 0 Å². The van der Waals surface area contributed by atoms with Crippen LogP contribution in [0.5, 0.6) is 0 Å². The summed E-state index contributed by atoms with van der Waals surface area (Å²) in [6.07, 6.45) is -0.225. The summed E-state index contributed by atoms with van der Waals surface area (Å²) >= 11 is 0. The number of benzene rings is 1. The van der Waals surface area contributed by atoms with E-state index in [-0.39, 0.29) is 40.3 Å². The van der Waals surface area contributed by atoms with Gasteiger partial charge in [0.05, 0.1) is 19.1 Å². The summed E-state index contributed by atoms with van der Waals surface area (Å²) in [7, 11) is -4.57. The van der Waals surface area contributed by atoms with Gasteiger partial charge in [0.2, 0.25) is 5.91 Å². The van der Waals surface area contributed by atoms with Gasteiger partial charge in [-0.1, -0.05) is 71.9 Å². The Morgan fingerprint density at radius 1 is 0.950 bits per heavy atom. The van der Waals surface area contributed by atoms with E-state index in [0.717, 1.165) is 5.56 Å². The first-order valence-corrected chi connectivity index (χ1v) is 20.4. The van der Waals surface area contributed by atoms with Gasteiger partial charge in [-0.05, 0) is 68.5 Å². The molecular formula is C31H53NO6Si2. The Balaban J connectivity index is 2.08. The van der Waals surface area contributed by atoms with Crippen LogP contribution in [0, 0.1) is 5.92 Å². The second kappa shape index (κ2) is 11.0.